The fraction of sp³-hybridized carbons (Fsp3) is 0.462. The van der Waals surface area contributed by atoms with E-state index in [-0.39, 0.29) is 23.6 Å². The molecule has 1 saturated carbocycles. The molecule has 108 valence electrons. The van der Waals surface area contributed by atoms with Gasteiger partial charge < -0.3 is 11.1 Å². The molecule has 0 aromatic heterocycles. The van der Waals surface area contributed by atoms with Gasteiger partial charge in [-0.3, -0.25) is 14.9 Å². The van der Waals surface area contributed by atoms with Gasteiger partial charge in [0.1, 0.15) is 11.5 Å². The second-order valence-corrected chi connectivity index (χ2v) is 5.02. The highest BCUT2D eigenvalue weighted by molar-refractivity contribution is 5.94. The minimum atomic E-state index is -0.713. The number of nitro benzene ring substituents is 1. The van der Waals surface area contributed by atoms with Crippen LogP contribution in [-0.4, -0.2) is 16.9 Å². The van der Waals surface area contributed by atoms with E-state index in [0.29, 0.717) is 12.8 Å². The molecule has 0 atom stereocenters. The molecule has 0 spiro atoms. The number of benzene rings is 1. The maximum atomic E-state index is 13.0. The Kier molecular flexibility index (Phi) is 4.29. The minimum Gasteiger partial charge on any atom is -0.328 e. The SMILES string of the molecule is NC1CCC(C(=O)Nc2ccc(F)cc2[N+](=O)[O-])CC1. The third kappa shape index (κ3) is 3.30. The van der Waals surface area contributed by atoms with Gasteiger partial charge in [0.25, 0.3) is 5.69 Å². The lowest BCUT2D eigenvalue weighted by molar-refractivity contribution is -0.384. The maximum Gasteiger partial charge on any atom is 0.295 e. The quantitative estimate of drug-likeness (QED) is 0.655. The van der Waals surface area contributed by atoms with Crippen molar-refractivity contribution < 1.29 is 14.1 Å². The van der Waals surface area contributed by atoms with Gasteiger partial charge in [0, 0.05) is 12.0 Å². The van der Waals surface area contributed by atoms with Crippen molar-refractivity contribution >= 4 is 17.3 Å². The standard InChI is InChI=1S/C13H16FN3O3/c14-9-3-6-11(12(7-9)17(19)20)16-13(18)8-1-4-10(15)5-2-8/h3,6-8,10H,1-2,4-5,15H2,(H,16,18). The van der Waals surface area contributed by atoms with Gasteiger partial charge in [-0.05, 0) is 37.8 Å². The van der Waals surface area contributed by atoms with Crippen LogP contribution in [0.15, 0.2) is 18.2 Å². The van der Waals surface area contributed by atoms with Crippen LogP contribution in [0, 0.1) is 21.8 Å². The van der Waals surface area contributed by atoms with Crippen LogP contribution in [0.4, 0.5) is 15.8 Å². The van der Waals surface area contributed by atoms with Crippen LogP contribution in [-0.2, 0) is 4.79 Å². The molecule has 7 heteroatoms. The average molecular weight is 281 g/mol. The highest BCUT2D eigenvalue weighted by atomic mass is 19.1. The number of nitrogens with one attached hydrogen (secondary N) is 1. The highest BCUT2D eigenvalue weighted by Gasteiger charge is 2.26. The summed E-state index contributed by atoms with van der Waals surface area (Å²) in [5.41, 5.74) is 5.35. The Labute approximate surface area is 115 Å². The smallest absolute Gasteiger partial charge is 0.295 e. The Hall–Kier alpha value is -2.02. The van der Waals surface area contributed by atoms with Gasteiger partial charge in [-0.1, -0.05) is 0 Å². The summed E-state index contributed by atoms with van der Waals surface area (Å²) in [6, 6.07) is 3.21. The molecule has 0 aliphatic heterocycles. The van der Waals surface area contributed by atoms with Crippen molar-refractivity contribution in [3.8, 4) is 0 Å². The lowest BCUT2D eigenvalue weighted by atomic mass is 9.86. The van der Waals surface area contributed by atoms with Gasteiger partial charge in [0.15, 0.2) is 0 Å². The summed E-state index contributed by atoms with van der Waals surface area (Å²) in [4.78, 5) is 22.2. The number of hydrogen-bond acceptors (Lipinski definition) is 4. The van der Waals surface area contributed by atoms with Crippen molar-refractivity contribution in [2.75, 3.05) is 5.32 Å². The van der Waals surface area contributed by atoms with Gasteiger partial charge in [0.05, 0.1) is 11.0 Å². The first-order chi connectivity index (χ1) is 9.47. The molecule has 0 bridgehead atoms. The zero-order valence-corrected chi connectivity index (χ0v) is 10.8. The number of rotatable bonds is 3. The third-order valence-corrected chi connectivity index (χ3v) is 3.56. The normalized spacial score (nSPS) is 22.3. The van der Waals surface area contributed by atoms with Gasteiger partial charge in [-0.25, -0.2) is 4.39 Å². The summed E-state index contributed by atoms with van der Waals surface area (Å²) >= 11 is 0. The lowest BCUT2D eigenvalue weighted by Crippen LogP contribution is -2.32. The molecule has 1 aliphatic carbocycles. The highest BCUT2D eigenvalue weighted by Crippen LogP contribution is 2.28. The van der Waals surface area contributed by atoms with Crippen LogP contribution < -0.4 is 11.1 Å². The van der Waals surface area contributed by atoms with E-state index >= 15 is 0 Å². The van der Waals surface area contributed by atoms with Gasteiger partial charge >= 0.3 is 0 Å². The fourth-order valence-corrected chi connectivity index (χ4v) is 2.38. The Morgan fingerprint density at radius 2 is 2.00 bits per heavy atom. The lowest BCUT2D eigenvalue weighted by Gasteiger charge is -2.25. The van der Waals surface area contributed by atoms with E-state index in [4.69, 9.17) is 5.73 Å². The maximum absolute atomic E-state index is 13.0. The van der Waals surface area contributed by atoms with E-state index in [1.54, 1.807) is 0 Å². The van der Waals surface area contributed by atoms with E-state index in [9.17, 15) is 19.3 Å². The molecule has 1 aromatic carbocycles. The second-order valence-electron chi connectivity index (χ2n) is 5.02. The van der Waals surface area contributed by atoms with Crippen molar-refractivity contribution in [1.82, 2.24) is 0 Å². The van der Waals surface area contributed by atoms with Crippen LogP contribution >= 0.6 is 0 Å². The van der Waals surface area contributed by atoms with Crippen LogP contribution in [0.5, 0.6) is 0 Å². The first-order valence-corrected chi connectivity index (χ1v) is 6.47. The van der Waals surface area contributed by atoms with Gasteiger partial charge in [-0.2, -0.15) is 0 Å². The summed E-state index contributed by atoms with van der Waals surface area (Å²) in [6.45, 7) is 0. The molecule has 6 nitrogen and oxygen atoms in total. The Balaban J connectivity index is 2.10. The van der Waals surface area contributed by atoms with Crippen LogP contribution in [0.3, 0.4) is 0 Å². The summed E-state index contributed by atoms with van der Waals surface area (Å²) in [6.07, 6.45) is 2.87. The predicted molar refractivity (Wildman–Crippen MR) is 71.6 cm³/mol. The number of amides is 1. The number of nitrogens with two attached hydrogens (primary N) is 1. The van der Waals surface area contributed by atoms with Crippen molar-refractivity contribution in [1.29, 1.82) is 0 Å². The van der Waals surface area contributed by atoms with Crippen molar-refractivity contribution in [3.63, 3.8) is 0 Å². The molecule has 20 heavy (non-hydrogen) atoms. The molecule has 1 amide bonds. The summed E-state index contributed by atoms with van der Waals surface area (Å²) in [5.74, 6) is -1.18. The molecule has 0 saturated heterocycles. The fourth-order valence-electron chi connectivity index (χ4n) is 2.38. The van der Waals surface area contributed by atoms with Crippen molar-refractivity contribution in [3.05, 3.63) is 34.1 Å². The number of carbonyl (C=O) groups is 1. The first-order valence-electron chi connectivity index (χ1n) is 6.47. The number of nitro groups is 1. The van der Waals surface area contributed by atoms with Gasteiger partial charge in [0.2, 0.25) is 5.91 Å². The number of halogens is 1. The summed E-state index contributed by atoms with van der Waals surface area (Å²) < 4.78 is 13.0. The third-order valence-electron chi connectivity index (χ3n) is 3.56. The van der Waals surface area contributed by atoms with Crippen molar-refractivity contribution in [2.24, 2.45) is 11.7 Å². The molecule has 2 rings (SSSR count). The monoisotopic (exact) mass is 281 g/mol. The molecule has 0 unspecified atom stereocenters. The number of carbonyl (C=O) groups excluding carboxylic acids is 1. The number of hydrogen-bond donors (Lipinski definition) is 2. The number of anilines is 1. The molecule has 3 N–H and O–H groups in total. The van der Waals surface area contributed by atoms with Crippen molar-refractivity contribution in [2.45, 2.75) is 31.7 Å². The topological polar surface area (TPSA) is 98.3 Å². The van der Waals surface area contributed by atoms with E-state index in [2.05, 4.69) is 5.32 Å². The molecular formula is C13H16FN3O3. The average Bonchev–Trinajstić information content (AvgIpc) is 2.41. The molecule has 0 radical (unpaired) electrons. The second kappa shape index (κ2) is 5.96. The molecular weight excluding hydrogens is 265 g/mol. The molecule has 1 aliphatic rings. The molecule has 1 aromatic rings. The Morgan fingerprint density at radius 3 is 2.60 bits per heavy atom. The van der Waals surface area contributed by atoms with E-state index in [1.165, 1.54) is 6.07 Å². The Bertz CT molecular complexity index is 528. The zero-order valence-electron chi connectivity index (χ0n) is 10.8. The van der Waals surface area contributed by atoms with Crippen LogP contribution in [0.25, 0.3) is 0 Å². The largest absolute Gasteiger partial charge is 0.328 e. The Morgan fingerprint density at radius 1 is 1.35 bits per heavy atom. The van der Waals surface area contributed by atoms with Gasteiger partial charge in [-0.15, -0.1) is 0 Å². The molecule has 0 heterocycles. The summed E-state index contributed by atoms with van der Waals surface area (Å²) in [7, 11) is 0. The van der Waals surface area contributed by atoms with Crippen LogP contribution in [0.1, 0.15) is 25.7 Å². The van der Waals surface area contributed by atoms with E-state index < -0.39 is 16.4 Å². The summed E-state index contributed by atoms with van der Waals surface area (Å²) in [5, 5.41) is 13.4. The minimum absolute atomic E-state index is 0.0243. The number of nitrogens with zero attached hydrogens (tertiary/aromatic N) is 1. The first kappa shape index (κ1) is 14.4. The predicted octanol–water partition coefficient (Wildman–Crippen LogP) is 2.19. The molecule has 1 fully saturated rings. The zero-order chi connectivity index (χ0) is 14.7. The van der Waals surface area contributed by atoms with E-state index in [0.717, 1.165) is 25.0 Å². The van der Waals surface area contributed by atoms with Crippen LogP contribution in [0.2, 0.25) is 0 Å². The van der Waals surface area contributed by atoms with E-state index in [1.807, 2.05) is 0 Å².